The number of nitrogens with one attached hydrogen (secondary N) is 2. The zero-order chi connectivity index (χ0) is 23.7. The van der Waals surface area contributed by atoms with Crippen molar-refractivity contribution in [3.8, 4) is 0 Å². The van der Waals surface area contributed by atoms with Gasteiger partial charge in [0.05, 0.1) is 0 Å². The maximum atomic E-state index is 12.7. The molecule has 0 saturated carbocycles. The molecule has 6 nitrogen and oxygen atoms in total. The molecule has 0 spiro atoms. The predicted molar refractivity (Wildman–Crippen MR) is 130 cm³/mol. The van der Waals surface area contributed by atoms with Gasteiger partial charge >= 0.3 is 16.3 Å². The summed E-state index contributed by atoms with van der Waals surface area (Å²) < 4.78 is 34.9. The lowest BCUT2D eigenvalue weighted by Crippen LogP contribution is -2.47. The van der Waals surface area contributed by atoms with Gasteiger partial charge in [-0.05, 0) is 30.0 Å². The molecule has 0 aliphatic heterocycles. The van der Waals surface area contributed by atoms with E-state index in [1.54, 1.807) is 12.1 Å². The number of hydrogen-bond donors (Lipinski definition) is 2. The van der Waals surface area contributed by atoms with E-state index in [9.17, 15) is 13.2 Å². The third-order valence-electron chi connectivity index (χ3n) is 5.25. The lowest BCUT2D eigenvalue weighted by Gasteiger charge is -2.35. The molecule has 0 saturated heterocycles. The fraction of sp³-hybridized carbons (Fsp3) is 0.192. The van der Waals surface area contributed by atoms with Crippen LogP contribution in [-0.4, -0.2) is 21.1 Å². The first-order chi connectivity index (χ1) is 15.8. The van der Waals surface area contributed by atoms with E-state index in [1.165, 1.54) is 0 Å². The SMILES string of the molecule is C=C(C)CC(CNS(=O)(=O)NC(=O)OCc1ccccc1)(c1ccccc1)c1ccccc1. The van der Waals surface area contributed by atoms with Crippen LogP contribution in [0.4, 0.5) is 4.79 Å². The van der Waals surface area contributed by atoms with Gasteiger partial charge in [-0.3, -0.25) is 0 Å². The summed E-state index contributed by atoms with van der Waals surface area (Å²) in [7, 11) is -4.17. The van der Waals surface area contributed by atoms with Crippen LogP contribution in [0, 0.1) is 0 Å². The first-order valence-corrected chi connectivity index (χ1v) is 12.0. The Morgan fingerprint density at radius 3 is 1.85 bits per heavy atom. The molecule has 1 amide bonds. The number of amides is 1. The van der Waals surface area contributed by atoms with Crippen molar-refractivity contribution in [1.82, 2.24) is 9.44 Å². The Labute approximate surface area is 195 Å². The molecular formula is C26H28N2O4S. The molecule has 0 aliphatic rings. The predicted octanol–water partition coefficient (Wildman–Crippen LogP) is 4.70. The maximum absolute atomic E-state index is 12.7. The van der Waals surface area contributed by atoms with Crippen molar-refractivity contribution in [2.75, 3.05) is 6.54 Å². The van der Waals surface area contributed by atoms with Gasteiger partial charge < -0.3 is 4.74 Å². The van der Waals surface area contributed by atoms with E-state index in [0.717, 1.165) is 22.3 Å². The van der Waals surface area contributed by atoms with E-state index >= 15 is 0 Å². The largest absolute Gasteiger partial charge is 0.444 e. The second-order valence-corrected chi connectivity index (χ2v) is 9.44. The van der Waals surface area contributed by atoms with Crippen LogP contribution >= 0.6 is 0 Å². The molecule has 33 heavy (non-hydrogen) atoms. The van der Waals surface area contributed by atoms with Crippen molar-refractivity contribution in [2.45, 2.75) is 25.4 Å². The van der Waals surface area contributed by atoms with Crippen molar-refractivity contribution in [2.24, 2.45) is 0 Å². The number of benzene rings is 3. The highest BCUT2D eigenvalue weighted by Crippen LogP contribution is 2.37. The molecule has 7 heteroatoms. The molecule has 2 N–H and O–H groups in total. The molecular weight excluding hydrogens is 436 g/mol. The van der Waals surface area contributed by atoms with E-state index < -0.39 is 21.7 Å². The quantitative estimate of drug-likeness (QED) is 0.426. The molecule has 0 radical (unpaired) electrons. The van der Waals surface area contributed by atoms with Gasteiger partial charge in [0.15, 0.2) is 0 Å². The van der Waals surface area contributed by atoms with Crippen LogP contribution in [0.2, 0.25) is 0 Å². The third-order valence-corrected chi connectivity index (χ3v) is 6.21. The molecule has 0 atom stereocenters. The van der Waals surface area contributed by atoms with E-state index in [2.05, 4.69) is 11.3 Å². The molecule has 0 fully saturated rings. The van der Waals surface area contributed by atoms with Gasteiger partial charge in [0.2, 0.25) is 0 Å². The molecule has 0 aliphatic carbocycles. The van der Waals surface area contributed by atoms with E-state index in [4.69, 9.17) is 4.74 Å². The summed E-state index contributed by atoms with van der Waals surface area (Å²) in [4.78, 5) is 12.1. The summed E-state index contributed by atoms with van der Waals surface area (Å²) in [5, 5.41) is 0. The Bertz CT molecular complexity index is 1130. The Balaban J connectivity index is 1.79. The highest BCUT2D eigenvalue weighted by atomic mass is 32.2. The highest BCUT2D eigenvalue weighted by molar-refractivity contribution is 7.88. The van der Waals surface area contributed by atoms with Gasteiger partial charge in [0, 0.05) is 12.0 Å². The molecule has 0 bridgehead atoms. The van der Waals surface area contributed by atoms with Gasteiger partial charge in [0.1, 0.15) is 6.61 Å². The lowest BCUT2D eigenvalue weighted by molar-refractivity contribution is 0.146. The van der Waals surface area contributed by atoms with Crippen LogP contribution < -0.4 is 9.44 Å². The van der Waals surface area contributed by atoms with Gasteiger partial charge in [-0.25, -0.2) is 9.52 Å². The normalized spacial score (nSPS) is 11.5. The first-order valence-electron chi connectivity index (χ1n) is 10.5. The Morgan fingerprint density at radius 1 is 0.879 bits per heavy atom. The summed E-state index contributed by atoms with van der Waals surface area (Å²) >= 11 is 0. The zero-order valence-electron chi connectivity index (χ0n) is 18.5. The maximum Gasteiger partial charge on any atom is 0.422 e. The number of allylic oxidation sites excluding steroid dienone is 1. The molecule has 0 unspecified atom stereocenters. The topological polar surface area (TPSA) is 84.5 Å². The zero-order valence-corrected chi connectivity index (χ0v) is 19.3. The second kappa shape index (κ2) is 10.9. The van der Waals surface area contributed by atoms with Gasteiger partial charge in [0.25, 0.3) is 0 Å². The Hall–Kier alpha value is -3.42. The van der Waals surface area contributed by atoms with Crippen LogP contribution in [0.1, 0.15) is 30.0 Å². The van der Waals surface area contributed by atoms with E-state index in [1.807, 2.05) is 90.5 Å². The summed E-state index contributed by atoms with van der Waals surface area (Å²) in [6.07, 6.45) is -0.529. The van der Waals surface area contributed by atoms with Gasteiger partial charge in [-0.15, -0.1) is 6.58 Å². The standard InChI is InChI=1S/C26H28N2O4S/c1-21(2)18-26(23-14-8-4-9-15-23,24-16-10-5-11-17-24)20-27-33(30,31)28-25(29)32-19-22-12-6-3-7-13-22/h3-17,27H,1,18-20H2,2H3,(H,28,29). The number of ether oxygens (including phenoxy) is 1. The minimum Gasteiger partial charge on any atom is -0.444 e. The van der Waals surface area contributed by atoms with Crippen molar-refractivity contribution < 1.29 is 17.9 Å². The number of hydrogen-bond acceptors (Lipinski definition) is 4. The highest BCUT2D eigenvalue weighted by Gasteiger charge is 2.35. The van der Waals surface area contributed by atoms with Crippen molar-refractivity contribution in [3.05, 3.63) is 120 Å². The molecule has 3 rings (SSSR count). The number of carbonyl (C=O) groups excluding carboxylic acids is 1. The minimum atomic E-state index is -4.17. The van der Waals surface area contributed by atoms with Crippen molar-refractivity contribution in [3.63, 3.8) is 0 Å². The van der Waals surface area contributed by atoms with Gasteiger partial charge in [-0.1, -0.05) is 96.6 Å². The minimum absolute atomic E-state index is 0.0230. The Morgan fingerprint density at radius 2 is 1.36 bits per heavy atom. The van der Waals surface area contributed by atoms with Gasteiger partial charge in [-0.2, -0.15) is 13.1 Å². The molecule has 3 aromatic rings. The van der Waals surface area contributed by atoms with E-state index in [-0.39, 0.29) is 13.2 Å². The summed E-state index contributed by atoms with van der Waals surface area (Å²) in [6, 6.07) is 28.4. The summed E-state index contributed by atoms with van der Waals surface area (Å²) in [6.45, 7) is 5.97. The Kier molecular flexibility index (Phi) is 8.03. The molecule has 172 valence electrons. The van der Waals surface area contributed by atoms with Crippen LogP contribution in [0.25, 0.3) is 0 Å². The van der Waals surface area contributed by atoms with Crippen LogP contribution in [0.5, 0.6) is 0 Å². The lowest BCUT2D eigenvalue weighted by atomic mass is 9.70. The number of carbonyl (C=O) groups is 1. The summed E-state index contributed by atoms with van der Waals surface area (Å²) in [5.74, 6) is 0. The fourth-order valence-electron chi connectivity index (χ4n) is 3.78. The average molecular weight is 465 g/mol. The van der Waals surface area contributed by atoms with Crippen molar-refractivity contribution in [1.29, 1.82) is 0 Å². The first kappa shape index (κ1) is 24.2. The molecule has 0 heterocycles. The summed E-state index contributed by atoms with van der Waals surface area (Å²) in [5.41, 5.74) is 2.82. The van der Waals surface area contributed by atoms with Crippen molar-refractivity contribution >= 4 is 16.3 Å². The third kappa shape index (κ3) is 6.78. The smallest absolute Gasteiger partial charge is 0.422 e. The van der Waals surface area contributed by atoms with E-state index in [0.29, 0.717) is 6.42 Å². The second-order valence-electron chi connectivity index (χ2n) is 7.94. The van der Waals surface area contributed by atoms with Crippen LogP contribution in [-0.2, 0) is 27.0 Å². The monoisotopic (exact) mass is 464 g/mol. The number of rotatable bonds is 10. The average Bonchev–Trinajstić information content (AvgIpc) is 2.82. The van der Waals surface area contributed by atoms with Crippen LogP contribution in [0.3, 0.4) is 0 Å². The fourth-order valence-corrected chi connectivity index (χ4v) is 4.57. The van der Waals surface area contributed by atoms with Crippen LogP contribution in [0.15, 0.2) is 103 Å². The molecule has 3 aromatic carbocycles. The molecule has 0 aromatic heterocycles.